The predicted molar refractivity (Wildman–Crippen MR) is 244 cm³/mol. The van der Waals surface area contributed by atoms with E-state index >= 15 is 0 Å². The summed E-state index contributed by atoms with van der Waals surface area (Å²) in [4.78, 5) is 2.59. The predicted octanol–water partition coefficient (Wildman–Crippen LogP) is 14.8. The molecule has 0 saturated carbocycles. The second-order valence-electron chi connectivity index (χ2n) is 15.3. The summed E-state index contributed by atoms with van der Waals surface area (Å²) in [6, 6.07) is 73.6. The van der Waals surface area contributed by atoms with Crippen LogP contribution >= 0.6 is 11.8 Å². The topological polar surface area (TPSA) is 14.8 Å². The lowest BCUT2D eigenvalue weighted by atomic mass is 10.0. The van der Waals surface area contributed by atoms with E-state index in [0.29, 0.717) is 0 Å². The lowest BCUT2D eigenvalue weighted by Gasteiger charge is -2.22. The highest BCUT2D eigenvalue weighted by atomic mass is 32.2. The van der Waals surface area contributed by atoms with Crippen LogP contribution < -0.4 is 0 Å². The molecule has 0 aliphatic carbocycles. The van der Waals surface area contributed by atoms with Gasteiger partial charge in [0.05, 0.1) is 38.8 Å². The molecule has 0 N–H and O–H groups in total. The van der Waals surface area contributed by atoms with Crippen LogP contribution in [0.25, 0.3) is 105 Å². The summed E-state index contributed by atoms with van der Waals surface area (Å²) < 4.78 is 7.27. The first-order valence-electron chi connectivity index (χ1n) is 19.8. The Morgan fingerprint density at radius 3 is 1.43 bits per heavy atom. The van der Waals surface area contributed by atoms with Crippen molar-refractivity contribution in [3.63, 3.8) is 0 Å². The summed E-state index contributed by atoms with van der Waals surface area (Å²) in [5.74, 6) is 0. The molecule has 1 aliphatic heterocycles. The van der Waals surface area contributed by atoms with Crippen LogP contribution in [0.3, 0.4) is 0 Å². The molecule has 0 atom stereocenters. The van der Waals surface area contributed by atoms with Crippen LogP contribution in [0.15, 0.2) is 210 Å². The number of para-hydroxylation sites is 5. The van der Waals surface area contributed by atoms with Crippen LogP contribution in [0.1, 0.15) is 0 Å². The number of hydrogen-bond donors (Lipinski definition) is 0. The van der Waals surface area contributed by atoms with Gasteiger partial charge in [-0.1, -0.05) is 133 Å². The molecule has 0 saturated heterocycles. The molecular formula is C54H33N3S. The quantitative estimate of drug-likeness (QED) is 0.175. The van der Waals surface area contributed by atoms with E-state index in [2.05, 4.69) is 214 Å². The van der Waals surface area contributed by atoms with E-state index in [4.69, 9.17) is 0 Å². The number of fused-ring (bicyclic) bond motifs is 11. The minimum absolute atomic E-state index is 1.15. The normalized spacial score (nSPS) is 12.4. The molecule has 3 aromatic heterocycles. The lowest BCUT2D eigenvalue weighted by molar-refractivity contribution is 1.09. The summed E-state index contributed by atoms with van der Waals surface area (Å²) in [6.45, 7) is 0. The Morgan fingerprint density at radius 2 is 0.793 bits per heavy atom. The van der Waals surface area contributed by atoms with Gasteiger partial charge in [0.25, 0.3) is 0 Å². The van der Waals surface area contributed by atoms with Crippen molar-refractivity contribution in [2.75, 3.05) is 0 Å². The second kappa shape index (κ2) is 12.1. The minimum atomic E-state index is 1.15. The largest absolute Gasteiger partial charge is 0.309 e. The first-order valence-corrected chi connectivity index (χ1v) is 20.7. The Kier molecular flexibility index (Phi) is 6.66. The van der Waals surface area contributed by atoms with Crippen molar-refractivity contribution in [2.45, 2.75) is 9.79 Å². The number of aromatic nitrogens is 3. The minimum Gasteiger partial charge on any atom is -0.309 e. The summed E-state index contributed by atoms with van der Waals surface area (Å²) in [5.41, 5.74) is 15.9. The molecule has 0 fully saturated rings. The Balaban J connectivity index is 0.932. The molecule has 4 heteroatoms. The molecule has 0 bridgehead atoms. The maximum Gasteiger partial charge on any atom is 0.0687 e. The van der Waals surface area contributed by atoms with E-state index in [1.807, 2.05) is 11.8 Å². The van der Waals surface area contributed by atoms with E-state index < -0.39 is 0 Å². The SMILES string of the molecule is c1ccc(-n2c3ccccc3c3cc(-c4ccc5c(c4)c4ccccc4n5-c4ccc(-c5ccc6c7ccccc7n7c6c5Sc5ccccc5-7)cc4)ccc32)cc1. The van der Waals surface area contributed by atoms with Crippen LogP contribution in [-0.2, 0) is 0 Å². The van der Waals surface area contributed by atoms with E-state index in [1.165, 1.54) is 109 Å². The molecule has 0 spiro atoms. The highest BCUT2D eigenvalue weighted by Crippen LogP contribution is 2.50. The van der Waals surface area contributed by atoms with Gasteiger partial charge in [0.15, 0.2) is 0 Å². The summed E-state index contributed by atoms with van der Waals surface area (Å²) in [7, 11) is 0. The molecule has 0 radical (unpaired) electrons. The Labute approximate surface area is 338 Å². The monoisotopic (exact) mass is 755 g/mol. The zero-order chi connectivity index (χ0) is 37.9. The highest BCUT2D eigenvalue weighted by molar-refractivity contribution is 8.00. The maximum atomic E-state index is 2.47. The van der Waals surface area contributed by atoms with Gasteiger partial charge in [-0.2, -0.15) is 0 Å². The Hall–Kier alpha value is -7.27. The third-order valence-electron chi connectivity index (χ3n) is 12.2. The molecule has 1 aliphatic rings. The standard InChI is InChI=1S/C54H33N3S/c1-2-12-37(13-3-1)55-46-17-7-5-15-41(46)44-32-35(24-30-49(44)55)36-25-31-50-45(33-36)42-16-6-8-18-47(42)56(50)38-26-22-34(23-27-38)39-28-29-43-40-14-4-9-19-48(40)57-51-20-10-11-21-52(51)58-54(39)53(43)57/h1-33H. The van der Waals surface area contributed by atoms with Crippen molar-refractivity contribution in [2.24, 2.45) is 0 Å². The van der Waals surface area contributed by atoms with Crippen LogP contribution in [0.5, 0.6) is 0 Å². The molecule has 0 amide bonds. The maximum absolute atomic E-state index is 2.47. The third kappa shape index (κ3) is 4.46. The number of benzene rings is 9. The van der Waals surface area contributed by atoms with Gasteiger partial charge in [-0.05, 0) is 101 Å². The van der Waals surface area contributed by atoms with Gasteiger partial charge in [-0.15, -0.1) is 0 Å². The van der Waals surface area contributed by atoms with Crippen molar-refractivity contribution in [3.8, 4) is 39.3 Å². The zero-order valence-electron chi connectivity index (χ0n) is 31.3. The van der Waals surface area contributed by atoms with Crippen LogP contribution in [0.2, 0.25) is 0 Å². The number of rotatable bonds is 4. The Morgan fingerprint density at radius 1 is 0.310 bits per heavy atom. The second-order valence-corrected chi connectivity index (χ2v) is 16.4. The molecule has 12 aromatic rings. The van der Waals surface area contributed by atoms with Crippen LogP contribution in [-0.4, -0.2) is 13.7 Å². The van der Waals surface area contributed by atoms with Crippen molar-refractivity contribution < 1.29 is 0 Å². The molecular weight excluding hydrogens is 723 g/mol. The van der Waals surface area contributed by atoms with Gasteiger partial charge in [-0.3, -0.25) is 0 Å². The summed E-state index contributed by atoms with van der Waals surface area (Å²) in [6.07, 6.45) is 0. The molecule has 13 rings (SSSR count). The van der Waals surface area contributed by atoms with Crippen LogP contribution in [0.4, 0.5) is 0 Å². The van der Waals surface area contributed by atoms with Gasteiger partial charge in [0.1, 0.15) is 0 Å². The fourth-order valence-corrected chi connectivity index (χ4v) is 10.9. The first kappa shape index (κ1) is 31.9. The third-order valence-corrected chi connectivity index (χ3v) is 13.4. The van der Waals surface area contributed by atoms with Gasteiger partial charge in [0.2, 0.25) is 0 Å². The average molecular weight is 756 g/mol. The van der Waals surface area contributed by atoms with Gasteiger partial charge >= 0.3 is 0 Å². The van der Waals surface area contributed by atoms with Gasteiger partial charge in [0, 0.05) is 53.5 Å². The Bertz CT molecular complexity index is 3640. The van der Waals surface area contributed by atoms with Crippen molar-refractivity contribution in [1.82, 2.24) is 13.7 Å². The lowest BCUT2D eigenvalue weighted by Crippen LogP contribution is -2.02. The van der Waals surface area contributed by atoms with E-state index in [1.54, 1.807) is 0 Å². The smallest absolute Gasteiger partial charge is 0.0687 e. The fraction of sp³-hybridized carbons (Fsp3) is 0. The molecule has 270 valence electrons. The van der Waals surface area contributed by atoms with E-state index in [9.17, 15) is 0 Å². The summed E-state index contributed by atoms with van der Waals surface area (Å²) in [5, 5.41) is 7.63. The number of hydrogen-bond acceptors (Lipinski definition) is 1. The van der Waals surface area contributed by atoms with Gasteiger partial charge in [-0.25, -0.2) is 0 Å². The van der Waals surface area contributed by atoms with Gasteiger partial charge < -0.3 is 13.7 Å². The molecule has 58 heavy (non-hydrogen) atoms. The zero-order valence-corrected chi connectivity index (χ0v) is 32.1. The molecule has 0 unspecified atom stereocenters. The average Bonchev–Trinajstić information content (AvgIpc) is 3.93. The highest BCUT2D eigenvalue weighted by Gasteiger charge is 2.25. The van der Waals surface area contributed by atoms with Crippen molar-refractivity contribution in [1.29, 1.82) is 0 Å². The molecule has 9 aromatic carbocycles. The summed E-state index contributed by atoms with van der Waals surface area (Å²) >= 11 is 1.89. The van der Waals surface area contributed by atoms with E-state index in [0.717, 1.165) is 5.69 Å². The molecule has 3 nitrogen and oxygen atoms in total. The molecule has 4 heterocycles. The number of nitrogens with zero attached hydrogens (tertiary/aromatic N) is 3. The first-order chi connectivity index (χ1) is 28.8. The van der Waals surface area contributed by atoms with Crippen LogP contribution in [0, 0.1) is 0 Å². The fourth-order valence-electron chi connectivity index (χ4n) is 9.67. The van der Waals surface area contributed by atoms with Crippen molar-refractivity contribution >= 4 is 77.2 Å². The van der Waals surface area contributed by atoms with E-state index in [-0.39, 0.29) is 0 Å². The van der Waals surface area contributed by atoms with Crippen molar-refractivity contribution in [3.05, 3.63) is 200 Å².